The van der Waals surface area contributed by atoms with Crippen LogP contribution in [0.4, 0.5) is 0 Å². The van der Waals surface area contributed by atoms with Gasteiger partial charge in [0.2, 0.25) is 0 Å². The van der Waals surface area contributed by atoms with Crippen LogP contribution in [0.25, 0.3) is 0 Å². The van der Waals surface area contributed by atoms with Crippen LogP contribution in [0.3, 0.4) is 0 Å². The van der Waals surface area contributed by atoms with Crippen LogP contribution in [0.1, 0.15) is 47.2 Å². The van der Waals surface area contributed by atoms with Crippen LogP contribution >= 0.6 is 0 Å². The van der Waals surface area contributed by atoms with E-state index >= 15 is 0 Å². The molecule has 1 nitrogen and oxygen atoms in total. The molecule has 106 valence electrons. The fourth-order valence-electron chi connectivity index (χ4n) is 2.65. The first-order valence-electron chi connectivity index (χ1n) is 7.47. The highest BCUT2D eigenvalue weighted by Gasteiger charge is 2.10. The molecule has 0 aliphatic heterocycles. The van der Waals surface area contributed by atoms with Crippen molar-refractivity contribution in [3.05, 3.63) is 70.3 Å². The molecule has 2 aromatic rings. The van der Waals surface area contributed by atoms with Gasteiger partial charge in [-0.05, 0) is 49.4 Å². The molecule has 0 aromatic heterocycles. The largest absolute Gasteiger partial charge is 0.306 e. The van der Waals surface area contributed by atoms with Crippen molar-refractivity contribution >= 4 is 0 Å². The highest BCUT2D eigenvalue weighted by atomic mass is 14.9. The summed E-state index contributed by atoms with van der Waals surface area (Å²) < 4.78 is 0. The van der Waals surface area contributed by atoms with Gasteiger partial charge >= 0.3 is 0 Å². The molecule has 0 radical (unpaired) electrons. The molecule has 0 bridgehead atoms. The van der Waals surface area contributed by atoms with Gasteiger partial charge in [0.25, 0.3) is 0 Å². The molecule has 0 spiro atoms. The van der Waals surface area contributed by atoms with Crippen molar-refractivity contribution in [3.8, 4) is 0 Å². The minimum atomic E-state index is 0.426. The molecule has 2 aromatic carbocycles. The van der Waals surface area contributed by atoms with E-state index in [-0.39, 0.29) is 0 Å². The highest BCUT2D eigenvalue weighted by molar-refractivity contribution is 5.33. The van der Waals surface area contributed by atoms with E-state index in [0.29, 0.717) is 6.04 Å². The summed E-state index contributed by atoms with van der Waals surface area (Å²) in [4.78, 5) is 0. The fraction of sp³-hybridized carbons (Fsp3) is 0.368. The molecule has 0 aliphatic rings. The Morgan fingerprint density at radius 1 is 0.900 bits per heavy atom. The molecule has 1 heteroatoms. The zero-order chi connectivity index (χ0) is 14.5. The molecule has 0 amide bonds. The third kappa shape index (κ3) is 3.49. The van der Waals surface area contributed by atoms with E-state index in [1.54, 1.807) is 0 Å². The Morgan fingerprint density at radius 2 is 1.50 bits per heavy atom. The van der Waals surface area contributed by atoms with Crippen LogP contribution in [0.15, 0.2) is 42.5 Å². The lowest BCUT2D eigenvalue weighted by molar-refractivity contribution is 0.517. The number of nitrogens with one attached hydrogen (secondary N) is 1. The monoisotopic (exact) mass is 267 g/mol. The predicted octanol–water partition coefficient (Wildman–Crippen LogP) is 4.85. The van der Waals surface area contributed by atoms with Gasteiger partial charge in [-0.1, -0.05) is 55.0 Å². The van der Waals surface area contributed by atoms with Gasteiger partial charge in [-0.25, -0.2) is 0 Å². The summed E-state index contributed by atoms with van der Waals surface area (Å²) in [7, 11) is 0. The van der Waals surface area contributed by atoms with Crippen molar-refractivity contribution in [2.45, 2.75) is 46.7 Å². The standard InChI is InChI=1S/C19H25N/c1-5-19(17-11-9-14(2)10-12-17)20-13-18-15(3)7-6-8-16(18)4/h6-12,19-20H,5,13H2,1-4H3. The van der Waals surface area contributed by atoms with Crippen LogP contribution in [-0.2, 0) is 6.54 Å². The van der Waals surface area contributed by atoms with Crippen LogP contribution in [0.5, 0.6) is 0 Å². The topological polar surface area (TPSA) is 12.0 Å². The molecule has 0 saturated heterocycles. The average molecular weight is 267 g/mol. The summed E-state index contributed by atoms with van der Waals surface area (Å²) in [6.07, 6.45) is 1.11. The number of hydrogen-bond acceptors (Lipinski definition) is 1. The second-order valence-electron chi connectivity index (χ2n) is 5.62. The normalized spacial score (nSPS) is 12.4. The van der Waals surface area contributed by atoms with Crippen molar-refractivity contribution < 1.29 is 0 Å². The lowest BCUT2D eigenvalue weighted by Gasteiger charge is -2.19. The van der Waals surface area contributed by atoms with Crippen LogP contribution in [-0.4, -0.2) is 0 Å². The maximum absolute atomic E-state index is 3.70. The Labute approximate surface area is 123 Å². The first-order valence-corrected chi connectivity index (χ1v) is 7.47. The molecule has 0 saturated carbocycles. The average Bonchev–Trinajstić information content (AvgIpc) is 2.44. The van der Waals surface area contributed by atoms with E-state index in [2.05, 4.69) is 75.5 Å². The third-order valence-corrected chi connectivity index (χ3v) is 4.06. The molecular formula is C19H25N. The smallest absolute Gasteiger partial charge is 0.0320 e. The van der Waals surface area contributed by atoms with Gasteiger partial charge in [0, 0.05) is 12.6 Å². The maximum atomic E-state index is 3.70. The minimum absolute atomic E-state index is 0.426. The van der Waals surface area contributed by atoms with Gasteiger partial charge < -0.3 is 5.32 Å². The Morgan fingerprint density at radius 3 is 2.05 bits per heavy atom. The van der Waals surface area contributed by atoms with Crippen LogP contribution < -0.4 is 5.32 Å². The van der Waals surface area contributed by atoms with Crippen molar-refractivity contribution in [2.75, 3.05) is 0 Å². The van der Waals surface area contributed by atoms with Gasteiger partial charge in [-0.15, -0.1) is 0 Å². The summed E-state index contributed by atoms with van der Waals surface area (Å²) in [5.41, 5.74) is 6.87. The molecular weight excluding hydrogens is 242 g/mol. The summed E-state index contributed by atoms with van der Waals surface area (Å²) >= 11 is 0. The summed E-state index contributed by atoms with van der Waals surface area (Å²) in [5, 5.41) is 3.70. The van der Waals surface area contributed by atoms with Gasteiger partial charge in [0.15, 0.2) is 0 Å². The van der Waals surface area contributed by atoms with Gasteiger partial charge in [-0.2, -0.15) is 0 Å². The lowest BCUT2D eigenvalue weighted by atomic mass is 10.00. The number of benzene rings is 2. The molecule has 0 aliphatic carbocycles. The van der Waals surface area contributed by atoms with Gasteiger partial charge in [0.1, 0.15) is 0 Å². The Bertz CT molecular complexity index is 534. The first-order chi connectivity index (χ1) is 9.61. The molecule has 20 heavy (non-hydrogen) atoms. The van der Waals surface area contributed by atoms with E-state index in [4.69, 9.17) is 0 Å². The number of rotatable bonds is 5. The van der Waals surface area contributed by atoms with Crippen molar-refractivity contribution in [2.24, 2.45) is 0 Å². The van der Waals surface area contributed by atoms with E-state index in [1.165, 1.54) is 27.8 Å². The molecule has 0 heterocycles. The van der Waals surface area contributed by atoms with E-state index in [0.717, 1.165) is 13.0 Å². The first kappa shape index (κ1) is 14.8. The Balaban J connectivity index is 2.09. The second kappa shape index (κ2) is 6.71. The van der Waals surface area contributed by atoms with E-state index in [9.17, 15) is 0 Å². The quantitative estimate of drug-likeness (QED) is 0.816. The summed E-state index contributed by atoms with van der Waals surface area (Å²) in [6, 6.07) is 15.8. The highest BCUT2D eigenvalue weighted by Crippen LogP contribution is 2.19. The van der Waals surface area contributed by atoms with Crippen LogP contribution in [0, 0.1) is 20.8 Å². The predicted molar refractivity (Wildman–Crippen MR) is 87.0 cm³/mol. The summed E-state index contributed by atoms with van der Waals surface area (Å²) in [5.74, 6) is 0. The molecule has 2 rings (SSSR count). The number of hydrogen-bond donors (Lipinski definition) is 1. The zero-order valence-corrected chi connectivity index (χ0v) is 13.0. The minimum Gasteiger partial charge on any atom is -0.306 e. The maximum Gasteiger partial charge on any atom is 0.0320 e. The van der Waals surface area contributed by atoms with E-state index in [1.807, 2.05) is 0 Å². The Kier molecular flexibility index (Phi) is 4.97. The van der Waals surface area contributed by atoms with Crippen molar-refractivity contribution in [1.29, 1.82) is 0 Å². The third-order valence-electron chi connectivity index (χ3n) is 4.06. The Hall–Kier alpha value is -1.60. The van der Waals surface area contributed by atoms with Gasteiger partial charge in [-0.3, -0.25) is 0 Å². The summed E-state index contributed by atoms with van der Waals surface area (Å²) in [6.45, 7) is 9.69. The van der Waals surface area contributed by atoms with Crippen LogP contribution in [0.2, 0.25) is 0 Å². The van der Waals surface area contributed by atoms with E-state index < -0.39 is 0 Å². The van der Waals surface area contributed by atoms with Crippen molar-refractivity contribution in [3.63, 3.8) is 0 Å². The SMILES string of the molecule is CCC(NCc1c(C)cccc1C)c1ccc(C)cc1. The molecule has 0 fully saturated rings. The molecule has 1 N–H and O–H groups in total. The number of aryl methyl sites for hydroxylation is 3. The molecule has 1 atom stereocenters. The second-order valence-corrected chi connectivity index (χ2v) is 5.62. The van der Waals surface area contributed by atoms with Gasteiger partial charge in [0.05, 0.1) is 0 Å². The lowest BCUT2D eigenvalue weighted by Crippen LogP contribution is -2.21. The fourth-order valence-corrected chi connectivity index (χ4v) is 2.65. The van der Waals surface area contributed by atoms with Crippen molar-refractivity contribution in [1.82, 2.24) is 5.32 Å². The molecule has 1 unspecified atom stereocenters. The zero-order valence-electron chi connectivity index (χ0n) is 13.0.